The summed E-state index contributed by atoms with van der Waals surface area (Å²) in [4.78, 5) is 0. The predicted octanol–water partition coefficient (Wildman–Crippen LogP) is 5.08. The Morgan fingerprint density at radius 3 is 2.33 bits per heavy atom. The molecular weight excluding hydrogens is 247 g/mol. The van der Waals surface area contributed by atoms with E-state index < -0.39 is 5.38 Å². The third-order valence-corrected chi connectivity index (χ3v) is 3.81. The van der Waals surface area contributed by atoms with Crippen molar-refractivity contribution in [1.29, 1.82) is 0 Å². The van der Waals surface area contributed by atoms with Crippen molar-refractivity contribution in [3.8, 4) is 0 Å². The van der Waals surface area contributed by atoms with Crippen LogP contribution in [0.25, 0.3) is 0 Å². The summed E-state index contributed by atoms with van der Waals surface area (Å²) < 4.78 is 14.0. The van der Waals surface area contributed by atoms with E-state index in [2.05, 4.69) is 6.92 Å². The Balaban J connectivity index is 2.44. The SMILES string of the molecule is Cc1ccc(C(Cl)c2cccc(C)c2F)cc1C. The van der Waals surface area contributed by atoms with Crippen molar-refractivity contribution >= 4 is 11.6 Å². The molecule has 0 radical (unpaired) electrons. The van der Waals surface area contributed by atoms with Crippen molar-refractivity contribution in [2.45, 2.75) is 26.1 Å². The van der Waals surface area contributed by atoms with E-state index in [1.54, 1.807) is 19.1 Å². The Kier molecular flexibility index (Phi) is 3.72. The average Bonchev–Trinajstić information content (AvgIpc) is 2.35. The van der Waals surface area contributed by atoms with Crippen molar-refractivity contribution in [2.24, 2.45) is 0 Å². The minimum absolute atomic E-state index is 0.212. The summed E-state index contributed by atoms with van der Waals surface area (Å²) >= 11 is 6.39. The maximum Gasteiger partial charge on any atom is 0.131 e. The lowest BCUT2D eigenvalue weighted by Crippen LogP contribution is -1.99. The lowest BCUT2D eigenvalue weighted by molar-refractivity contribution is 0.603. The fourth-order valence-corrected chi connectivity index (χ4v) is 2.27. The lowest BCUT2D eigenvalue weighted by Gasteiger charge is -2.14. The van der Waals surface area contributed by atoms with E-state index in [0.29, 0.717) is 11.1 Å². The van der Waals surface area contributed by atoms with Crippen molar-refractivity contribution in [1.82, 2.24) is 0 Å². The Morgan fingerprint density at radius 2 is 1.67 bits per heavy atom. The van der Waals surface area contributed by atoms with Gasteiger partial charge in [0.25, 0.3) is 0 Å². The minimum atomic E-state index is -0.441. The van der Waals surface area contributed by atoms with E-state index in [0.717, 1.165) is 5.56 Å². The monoisotopic (exact) mass is 262 g/mol. The second-order valence-corrected chi connectivity index (χ2v) is 5.12. The molecule has 2 heteroatoms. The second kappa shape index (κ2) is 5.11. The van der Waals surface area contributed by atoms with Gasteiger partial charge in [0.1, 0.15) is 5.82 Å². The molecule has 2 aromatic carbocycles. The molecule has 18 heavy (non-hydrogen) atoms. The first kappa shape index (κ1) is 13.1. The average molecular weight is 263 g/mol. The van der Waals surface area contributed by atoms with E-state index in [1.807, 2.05) is 31.2 Å². The predicted molar refractivity (Wildman–Crippen MR) is 74.7 cm³/mol. The van der Waals surface area contributed by atoms with Crippen molar-refractivity contribution in [3.05, 3.63) is 70.0 Å². The van der Waals surface area contributed by atoms with Crippen LogP contribution in [0.1, 0.15) is 33.2 Å². The van der Waals surface area contributed by atoms with Crippen molar-refractivity contribution < 1.29 is 4.39 Å². The van der Waals surface area contributed by atoms with Gasteiger partial charge in [-0.15, -0.1) is 11.6 Å². The van der Waals surface area contributed by atoms with E-state index in [1.165, 1.54) is 11.1 Å². The zero-order valence-electron chi connectivity index (χ0n) is 10.8. The number of rotatable bonds is 2. The first-order valence-electron chi connectivity index (χ1n) is 5.97. The summed E-state index contributed by atoms with van der Waals surface area (Å²) in [5.41, 5.74) is 4.49. The highest BCUT2D eigenvalue weighted by Gasteiger charge is 2.16. The standard InChI is InChI=1S/C16H16ClF/c1-10-7-8-13(9-12(10)3)15(17)14-6-4-5-11(2)16(14)18/h4-9,15H,1-3H3. The topological polar surface area (TPSA) is 0 Å². The first-order valence-corrected chi connectivity index (χ1v) is 6.40. The molecule has 0 nitrogen and oxygen atoms in total. The zero-order valence-corrected chi connectivity index (χ0v) is 11.6. The zero-order chi connectivity index (χ0) is 13.3. The molecule has 0 heterocycles. The van der Waals surface area contributed by atoms with Crippen LogP contribution in [-0.2, 0) is 0 Å². The number of benzene rings is 2. The van der Waals surface area contributed by atoms with Crippen LogP contribution >= 0.6 is 11.6 Å². The van der Waals surface area contributed by atoms with Crippen LogP contribution in [0.4, 0.5) is 4.39 Å². The number of halogens is 2. The fourth-order valence-electron chi connectivity index (χ4n) is 1.97. The van der Waals surface area contributed by atoms with E-state index in [9.17, 15) is 4.39 Å². The van der Waals surface area contributed by atoms with Crippen LogP contribution in [-0.4, -0.2) is 0 Å². The molecule has 94 valence electrons. The first-order chi connectivity index (χ1) is 8.50. The van der Waals surface area contributed by atoms with Gasteiger partial charge in [-0.3, -0.25) is 0 Å². The molecule has 0 aliphatic carbocycles. The molecule has 0 amide bonds. The molecule has 1 atom stereocenters. The summed E-state index contributed by atoms with van der Waals surface area (Å²) in [5.74, 6) is -0.212. The highest BCUT2D eigenvalue weighted by atomic mass is 35.5. The summed E-state index contributed by atoms with van der Waals surface area (Å²) in [6.07, 6.45) is 0. The van der Waals surface area contributed by atoms with Crippen LogP contribution in [0.2, 0.25) is 0 Å². The Bertz CT molecular complexity index is 575. The Morgan fingerprint density at radius 1 is 0.944 bits per heavy atom. The molecule has 0 aliphatic rings. The third kappa shape index (κ3) is 2.41. The van der Waals surface area contributed by atoms with Crippen molar-refractivity contribution in [3.63, 3.8) is 0 Å². The molecule has 2 rings (SSSR count). The van der Waals surface area contributed by atoms with Gasteiger partial charge in [0.15, 0.2) is 0 Å². The Hall–Kier alpha value is -1.34. The van der Waals surface area contributed by atoms with Gasteiger partial charge >= 0.3 is 0 Å². The molecular formula is C16H16ClF. The highest BCUT2D eigenvalue weighted by molar-refractivity contribution is 6.22. The van der Waals surface area contributed by atoms with E-state index >= 15 is 0 Å². The molecule has 0 bridgehead atoms. The van der Waals surface area contributed by atoms with Crippen LogP contribution < -0.4 is 0 Å². The summed E-state index contributed by atoms with van der Waals surface area (Å²) in [6, 6.07) is 11.3. The summed E-state index contributed by atoms with van der Waals surface area (Å²) in [5, 5.41) is -0.441. The van der Waals surface area contributed by atoms with Gasteiger partial charge in [0, 0.05) is 5.56 Å². The second-order valence-electron chi connectivity index (χ2n) is 4.68. The highest BCUT2D eigenvalue weighted by Crippen LogP contribution is 2.32. The Labute approximate surface area is 112 Å². The molecule has 1 unspecified atom stereocenters. The van der Waals surface area contributed by atoms with Gasteiger partial charge in [-0.1, -0.05) is 36.4 Å². The van der Waals surface area contributed by atoms with Gasteiger partial charge in [0.2, 0.25) is 0 Å². The fraction of sp³-hybridized carbons (Fsp3) is 0.250. The number of alkyl halides is 1. The molecule has 0 fully saturated rings. The third-order valence-electron chi connectivity index (χ3n) is 3.32. The van der Waals surface area contributed by atoms with E-state index in [4.69, 9.17) is 11.6 Å². The molecule has 0 N–H and O–H groups in total. The van der Waals surface area contributed by atoms with Gasteiger partial charge in [-0.05, 0) is 43.0 Å². The van der Waals surface area contributed by atoms with Gasteiger partial charge in [-0.2, -0.15) is 0 Å². The summed E-state index contributed by atoms with van der Waals surface area (Å²) in [6.45, 7) is 5.84. The van der Waals surface area contributed by atoms with Gasteiger partial charge in [-0.25, -0.2) is 4.39 Å². The molecule has 0 saturated carbocycles. The van der Waals surface area contributed by atoms with Crippen LogP contribution in [0.5, 0.6) is 0 Å². The molecule has 0 spiro atoms. The van der Waals surface area contributed by atoms with Crippen molar-refractivity contribution in [2.75, 3.05) is 0 Å². The lowest BCUT2D eigenvalue weighted by atomic mass is 9.98. The molecule has 0 saturated heterocycles. The summed E-state index contributed by atoms with van der Waals surface area (Å²) in [7, 11) is 0. The number of aryl methyl sites for hydroxylation is 3. The maximum atomic E-state index is 14.0. The quantitative estimate of drug-likeness (QED) is 0.662. The van der Waals surface area contributed by atoms with Gasteiger partial charge in [0.05, 0.1) is 5.38 Å². The number of hydrogen-bond donors (Lipinski definition) is 0. The molecule has 0 aromatic heterocycles. The minimum Gasteiger partial charge on any atom is -0.206 e. The van der Waals surface area contributed by atoms with Crippen LogP contribution in [0.3, 0.4) is 0 Å². The normalized spacial score (nSPS) is 12.5. The van der Waals surface area contributed by atoms with Gasteiger partial charge < -0.3 is 0 Å². The maximum absolute atomic E-state index is 14.0. The largest absolute Gasteiger partial charge is 0.206 e. The smallest absolute Gasteiger partial charge is 0.131 e. The van der Waals surface area contributed by atoms with Crippen LogP contribution in [0.15, 0.2) is 36.4 Å². The molecule has 0 aliphatic heterocycles. The molecule has 2 aromatic rings. The van der Waals surface area contributed by atoms with Crippen LogP contribution in [0, 0.1) is 26.6 Å². The van der Waals surface area contributed by atoms with E-state index in [-0.39, 0.29) is 5.82 Å². The number of hydrogen-bond acceptors (Lipinski definition) is 0.